The molecule has 3 aromatic rings. The van der Waals surface area contributed by atoms with E-state index >= 15 is 8.78 Å². The molecule has 1 atom stereocenters. The van der Waals surface area contributed by atoms with Crippen molar-refractivity contribution in [3.63, 3.8) is 0 Å². The van der Waals surface area contributed by atoms with Crippen molar-refractivity contribution < 1.29 is 65.4 Å². The van der Waals surface area contributed by atoms with Crippen molar-refractivity contribution in [2.75, 3.05) is 72.3 Å². The van der Waals surface area contributed by atoms with E-state index in [1.807, 2.05) is 0 Å². The van der Waals surface area contributed by atoms with E-state index in [1.165, 1.54) is 49.6 Å². The molecule has 1 fully saturated rings. The highest BCUT2D eigenvalue weighted by Crippen LogP contribution is 2.45. The summed E-state index contributed by atoms with van der Waals surface area (Å²) in [6, 6.07) is 9.60. The van der Waals surface area contributed by atoms with Gasteiger partial charge in [-0.05, 0) is 50.1 Å². The van der Waals surface area contributed by atoms with E-state index in [1.54, 1.807) is 6.92 Å². The van der Waals surface area contributed by atoms with E-state index in [4.69, 9.17) is 28.8 Å². The third-order valence-electron chi connectivity index (χ3n) is 9.46. The highest BCUT2D eigenvalue weighted by atomic mass is 19.4. The molecule has 2 aliphatic rings. The molecule has 0 aliphatic carbocycles. The summed E-state index contributed by atoms with van der Waals surface area (Å²) in [5.41, 5.74) is -3.71. The highest BCUT2D eigenvalue weighted by Gasteiger charge is 2.53. The number of ether oxygens (including phenoxy) is 5. The maximum Gasteiger partial charge on any atom is 0.416 e. The second-order valence-electron chi connectivity index (χ2n) is 13.0. The number of hydrogen-bond donors (Lipinski definition) is 3. The van der Waals surface area contributed by atoms with Gasteiger partial charge in [-0.3, -0.25) is 14.6 Å². The highest BCUT2D eigenvalue weighted by molar-refractivity contribution is 6.24. The number of carbonyl (C=O) groups is 2. The first-order valence-corrected chi connectivity index (χ1v) is 17.8. The van der Waals surface area contributed by atoms with E-state index < -0.39 is 58.6 Å². The minimum Gasteiger partial charge on any atom is -0.509 e. The van der Waals surface area contributed by atoms with Crippen LogP contribution >= 0.6 is 0 Å². The smallest absolute Gasteiger partial charge is 0.416 e. The molecular formula is C40H42F5N3O9. The lowest BCUT2D eigenvalue weighted by Gasteiger charge is -2.46. The second-order valence-corrected chi connectivity index (χ2v) is 13.0. The lowest BCUT2D eigenvalue weighted by molar-refractivity contribution is -0.160. The van der Waals surface area contributed by atoms with E-state index in [-0.39, 0.29) is 85.4 Å². The molecule has 1 saturated heterocycles. The van der Waals surface area contributed by atoms with Crippen LogP contribution in [0.2, 0.25) is 0 Å². The van der Waals surface area contributed by atoms with Gasteiger partial charge >= 0.3 is 6.18 Å². The molecule has 5 rings (SSSR count). The summed E-state index contributed by atoms with van der Waals surface area (Å²) in [6.45, 7) is 2.39. The van der Waals surface area contributed by atoms with E-state index in [0.29, 0.717) is 19.6 Å². The fraction of sp³-hybridized carbons (Fsp3) is 0.400. The summed E-state index contributed by atoms with van der Waals surface area (Å²) < 4.78 is 99.0. The van der Waals surface area contributed by atoms with Crippen LogP contribution in [0.15, 0.2) is 59.9 Å². The van der Waals surface area contributed by atoms with Crippen molar-refractivity contribution in [1.29, 1.82) is 0 Å². The Labute approximate surface area is 325 Å². The van der Waals surface area contributed by atoms with Gasteiger partial charge in [-0.25, -0.2) is 13.8 Å². The number of halogens is 5. The van der Waals surface area contributed by atoms with Crippen molar-refractivity contribution in [2.45, 2.75) is 38.0 Å². The number of aliphatic hydroxyl groups excluding tert-OH is 2. The summed E-state index contributed by atoms with van der Waals surface area (Å²) in [5.74, 6) is 0.0893. The fourth-order valence-corrected chi connectivity index (χ4v) is 6.61. The number of fused-ring (bicyclic) bond motifs is 1. The third kappa shape index (κ3) is 9.49. The Morgan fingerprint density at radius 1 is 0.947 bits per heavy atom. The number of alkyl halides is 3. The molecule has 0 saturated carbocycles. The number of para-hydroxylation sites is 1. The van der Waals surface area contributed by atoms with Crippen LogP contribution in [-0.2, 0) is 36.5 Å². The number of rotatable bonds is 16. The molecule has 17 heteroatoms. The predicted octanol–water partition coefficient (Wildman–Crippen LogP) is 5.62. The van der Waals surface area contributed by atoms with Crippen LogP contribution in [-0.4, -0.2) is 105 Å². The maximum atomic E-state index is 15.6. The summed E-state index contributed by atoms with van der Waals surface area (Å²) >= 11 is 0. The molecule has 2 amide bonds. The summed E-state index contributed by atoms with van der Waals surface area (Å²) in [4.78, 5) is 28.1. The maximum absolute atomic E-state index is 15.6. The number of carbonyl (C=O) groups excluding carboxylic acids is 2. The van der Waals surface area contributed by atoms with Crippen LogP contribution in [0.1, 0.15) is 36.5 Å². The number of amides is 2. The van der Waals surface area contributed by atoms with Crippen LogP contribution < -0.4 is 14.8 Å². The van der Waals surface area contributed by atoms with Gasteiger partial charge in [0.2, 0.25) is 0 Å². The fourth-order valence-electron chi connectivity index (χ4n) is 6.61. The van der Waals surface area contributed by atoms with E-state index in [2.05, 4.69) is 17.2 Å². The molecule has 2 heterocycles. The van der Waals surface area contributed by atoms with Crippen LogP contribution in [0.4, 0.5) is 27.6 Å². The minimum absolute atomic E-state index is 0.0738. The monoisotopic (exact) mass is 803 g/mol. The summed E-state index contributed by atoms with van der Waals surface area (Å²) in [6.07, 6.45) is -4.01. The molecule has 3 N–H and O–H groups in total. The predicted molar refractivity (Wildman–Crippen MR) is 196 cm³/mol. The number of aliphatic hydroxyl groups is 2. The molecule has 0 aromatic heterocycles. The molecule has 306 valence electrons. The summed E-state index contributed by atoms with van der Waals surface area (Å²) in [7, 11) is 2.65. The number of hydrogen-bond acceptors (Lipinski definition) is 10. The number of methoxy groups -OCH3 is 2. The van der Waals surface area contributed by atoms with Gasteiger partial charge < -0.3 is 39.2 Å². The van der Waals surface area contributed by atoms with Gasteiger partial charge in [0.15, 0.2) is 23.1 Å². The first-order valence-electron chi connectivity index (χ1n) is 17.8. The van der Waals surface area contributed by atoms with Gasteiger partial charge in [0.25, 0.3) is 11.8 Å². The summed E-state index contributed by atoms with van der Waals surface area (Å²) in [5, 5.41) is 25.2. The molecule has 0 bridgehead atoms. The Morgan fingerprint density at radius 2 is 1.67 bits per heavy atom. The van der Waals surface area contributed by atoms with Gasteiger partial charge in [0.05, 0.1) is 77.1 Å². The lowest BCUT2D eigenvalue weighted by atomic mass is 9.90. The number of hydrazine groups is 1. The van der Waals surface area contributed by atoms with Crippen LogP contribution in [0.3, 0.4) is 0 Å². The van der Waals surface area contributed by atoms with Crippen LogP contribution in [0, 0.1) is 23.5 Å². The minimum atomic E-state index is -4.76. The Balaban J connectivity index is 1.37. The van der Waals surface area contributed by atoms with Crippen LogP contribution in [0.25, 0.3) is 11.1 Å². The molecule has 0 unspecified atom stereocenters. The number of nitrogens with zero attached hydrogens (tertiary/aromatic N) is 2. The van der Waals surface area contributed by atoms with Crippen molar-refractivity contribution in [1.82, 2.24) is 10.0 Å². The zero-order valence-electron chi connectivity index (χ0n) is 31.4. The molecular weight excluding hydrogens is 761 g/mol. The molecule has 2 aliphatic heterocycles. The van der Waals surface area contributed by atoms with Crippen molar-refractivity contribution in [2.24, 2.45) is 0 Å². The third-order valence-corrected chi connectivity index (χ3v) is 9.46. The Kier molecular flexibility index (Phi) is 14.1. The van der Waals surface area contributed by atoms with Crippen molar-refractivity contribution in [3.8, 4) is 34.5 Å². The lowest BCUT2D eigenvalue weighted by Crippen LogP contribution is -2.60. The van der Waals surface area contributed by atoms with Gasteiger partial charge in [0, 0.05) is 28.9 Å². The van der Waals surface area contributed by atoms with Crippen LogP contribution in [0.5, 0.6) is 11.5 Å². The standard InChI is InChI=1S/C40H42F5N3O9/c1-39-14-6-15-48(39)47(24-26-11-10-25(33(41)34(26)42)7-5-17-55-19-21-57-22-20-56-18-16-49)38(52)32(36(39)50)37(51)46-30-13-12-27(40(43,44)45)23-29(30)28-8-4-9-31(53-2)35(28)54-3/h4,8-13,23,49-50H,6,14-22,24H2,1-3H3,(H,46,51)/t39-/m1/s1. The number of anilines is 1. The quantitative estimate of drug-likeness (QED) is 0.0724. The zero-order valence-corrected chi connectivity index (χ0v) is 31.4. The number of benzene rings is 3. The topological polar surface area (TPSA) is 139 Å². The molecule has 0 spiro atoms. The zero-order chi connectivity index (χ0) is 41.3. The van der Waals surface area contributed by atoms with Crippen molar-refractivity contribution >= 4 is 17.5 Å². The van der Waals surface area contributed by atoms with Crippen molar-refractivity contribution in [3.05, 3.63) is 88.2 Å². The molecule has 3 aromatic carbocycles. The Bertz CT molecular complexity index is 2050. The van der Waals surface area contributed by atoms with Gasteiger partial charge in [-0.1, -0.05) is 30.0 Å². The normalized spacial score (nSPS) is 17.0. The average molecular weight is 804 g/mol. The average Bonchev–Trinajstić information content (AvgIpc) is 3.59. The molecule has 12 nitrogen and oxygen atoms in total. The molecule has 57 heavy (non-hydrogen) atoms. The largest absolute Gasteiger partial charge is 0.509 e. The van der Waals surface area contributed by atoms with Gasteiger partial charge in [0.1, 0.15) is 17.9 Å². The van der Waals surface area contributed by atoms with E-state index in [9.17, 15) is 27.9 Å². The Hall–Kier alpha value is -5.25. The van der Waals surface area contributed by atoms with Gasteiger partial charge in [-0.15, -0.1) is 0 Å². The van der Waals surface area contributed by atoms with E-state index in [0.717, 1.165) is 23.2 Å². The first kappa shape index (κ1) is 42.9. The number of nitrogens with one attached hydrogen (secondary N) is 1. The Morgan fingerprint density at radius 3 is 2.35 bits per heavy atom. The SMILES string of the molecule is COc1cccc(-c2cc(C(F)(F)F)ccc2NC(=O)C2=C(O)[C@@]3(C)CCCN3N(Cc3ccc(C#CCOCCOCCOCCO)c(F)c3F)C2=O)c1OC. The van der Waals surface area contributed by atoms with Gasteiger partial charge in [-0.2, -0.15) is 13.2 Å². The first-order chi connectivity index (χ1) is 27.3. The molecule has 0 radical (unpaired) electrons. The second kappa shape index (κ2) is 18.8.